The fourth-order valence-electron chi connectivity index (χ4n) is 5.61. The van der Waals surface area contributed by atoms with Crippen molar-refractivity contribution in [3.63, 3.8) is 0 Å². The molecule has 0 bridgehead atoms. The Balaban J connectivity index is 1.48. The van der Waals surface area contributed by atoms with Gasteiger partial charge in [-0.1, -0.05) is 82.0 Å². The Kier molecular flexibility index (Phi) is 5.39. The van der Waals surface area contributed by atoms with Crippen molar-refractivity contribution in [3.05, 3.63) is 121 Å². The molecule has 2 aromatic heterocycles. The topological polar surface area (TPSA) is 54.9 Å². The van der Waals surface area contributed by atoms with Gasteiger partial charge in [0.2, 0.25) is 0 Å². The van der Waals surface area contributed by atoms with E-state index >= 15 is 0 Å². The van der Waals surface area contributed by atoms with Gasteiger partial charge in [0.25, 0.3) is 11.1 Å². The number of benzene rings is 4. The summed E-state index contributed by atoms with van der Waals surface area (Å²) in [5.74, 6) is 0. The summed E-state index contributed by atoms with van der Waals surface area (Å²) in [5.41, 5.74) is 4.43. The van der Waals surface area contributed by atoms with Gasteiger partial charge in [0.05, 0.1) is 5.35 Å². The predicted molar refractivity (Wildman–Crippen MR) is 159 cm³/mol. The van der Waals surface area contributed by atoms with Crippen molar-refractivity contribution in [1.82, 2.24) is 9.55 Å². The Morgan fingerprint density at radius 3 is 1.95 bits per heavy atom. The highest BCUT2D eigenvalue weighted by Gasteiger charge is 2.17. The molecule has 4 nitrogen and oxygen atoms in total. The van der Waals surface area contributed by atoms with Crippen LogP contribution in [0.4, 0.5) is 0 Å². The van der Waals surface area contributed by atoms with Gasteiger partial charge in [-0.2, -0.15) is 0 Å². The first-order valence-corrected chi connectivity index (χ1v) is 13.0. The van der Waals surface area contributed by atoms with E-state index in [0.29, 0.717) is 16.1 Å². The second kappa shape index (κ2) is 8.56. The zero-order valence-electron chi connectivity index (χ0n) is 22.2. The van der Waals surface area contributed by atoms with Gasteiger partial charge in [-0.05, 0) is 59.7 Å². The van der Waals surface area contributed by atoms with Crippen LogP contribution in [0.2, 0.25) is 0 Å². The molecular weight excluding hydrogens is 468 g/mol. The van der Waals surface area contributed by atoms with Gasteiger partial charge in [0, 0.05) is 43.4 Å². The first kappa shape index (κ1) is 23.9. The van der Waals surface area contributed by atoms with Crippen LogP contribution in [0.25, 0.3) is 50.7 Å². The number of pyridine rings is 2. The molecule has 0 aliphatic heterocycles. The molecule has 38 heavy (non-hydrogen) atoms. The highest BCUT2D eigenvalue weighted by Crippen LogP contribution is 2.29. The average molecular weight is 499 g/mol. The lowest BCUT2D eigenvalue weighted by Crippen LogP contribution is -2.33. The van der Waals surface area contributed by atoms with E-state index in [-0.39, 0.29) is 16.5 Å². The lowest BCUT2D eigenvalue weighted by Gasteiger charge is -2.19. The minimum Gasteiger partial charge on any atom is -0.322 e. The van der Waals surface area contributed by atoms with E-state index in [1.807, 2.05) is 37.3 Å². The molecule has 6 aromatic rings. The fourth-order valence-corrected chi connectivity index (χ4v) is 5.61. The monoisotopic (exact) mass is 498 g/mol. The van der Waals surface area contributed by atoms with Crippen LogP contribution in [-0.2, 0) is 11.8 Å². The van der Waals surface area contributed by atoms with Crippen molar-refractivity contribution in [2.24, 2.45) is 0 Å². The number of hydrogen-bond donors (Lipinski definition) is 1. The molecule has 0 fully saturated rings. The zero-order valence-corrected chi connectivity index (χ0v) is 22.2. The van der Waals surface area contributed by atoms with Crippen molar-refractivity contribution < 1.29 is 0 Å². The van der Waals surface area contributed by atoms with Gasteiger partial charge in [0.1, 0.15) is 0 Å². The first-order chi connectivity index (χ1) is 18.2. The molecule has 0 radical (unpaired) electrons. The summed E-state index contributed by atoms with van der Waals surface area (Å²) in [5, 5.41) is 5.96. The molecule has 188 valence electrons. The molecule has 0 atom stereocenters. The van der Waals surface area contributed by atoms with Gasteiger partial charge in [-0.15, -0.1) is 0 Å². The Bertz CT molecular complexity index is 2040. The molecule has 0 saturated heterocycles. The Labute approximate surface area is 220 Å². The summed E-state index contributed by atoms with van der Waals surface area (Å²) in [4.78, 5) is 29.4. The number of aromatic nitrogens is 2. The SMILES string of the molecule is C=c1[nH]c(=O)c2ccc3c(=O)n(-c4ccc(Cc5ccc(C(C)(C)C)cc5)cc4)/c(=C\C)c4ccc1c2c34. The van der Waals surface area contributed by atoms with Crippen LogP contribution >= 0.6 is 0 Å². The molecule has 4 aromatic carbocycles. The first-order valence-electron chi connectivity index (χ1n) is 13.0. The summed E-state index contributed by atoms with van der Waals surface area (Å²) in [6.45, 7) is 12.6. The molecule has 4 heteroatoms. The van der Waals surface area contributed by atoms with Crippen LogP contribution in [0.5, 0.6) is 0 Å². The number of nitrogens with one attached hydrogen (secondary N) is 1. The quantitative estimate of drug-likeness (QED) is 0.327. The van der Waals surface area contributed by atoms with Crippen LogP contribution in [0.1, 0.15) is 44.4 Å². The summed E-state index contributed by atoms with van der Waals surface area (Å²) >= 11 is 0. The maximum absolute atomic E-state index is 13.9. The Morgan fingerprint density at radius 2 is 1.32 bits per heavy atom. The molecular formula is C34H30N2O2. The van der Waals surface area contributed by atoms with Crippen molar-refractivity contribution in [1.29, 1.82) is 0 Å². The number of nitrogens with zero attached hydrogens (tertiary/aromatic N) is 1. The third kappa shape index (κ3) is 3.67. The highest BCUT2D eigenvalue weighted by atomic mass is 16.1. The van der Waals surface area contributed by atoms with E-state index in [9.17, 15) is 9.59 Å². The molecule has 0 unspecified atom stereocenters. The normalized spacial score (nSPS) is 12.8. The molecule has 0 aliphatic rings. The smallest absolute Gasteiger partial charge is 0.263 e. The third-order valence-corrected chi connectivity index (χ3v) is 7.64. The summed E-state index contributed by atoms with van der Waals surface area (Å²) in [6.07, 6.45) is 2.79. The van der Waals surface area contributed by atoms with Crippen molar-refractivity contribution in [3.8, 4) is 5.69 Å². The van der Waals surface area contributed by atoms with Crippen LogP contribution < -0.4 is 21.8 Å². The summed E-state index contributed by atoms with van der Waals surface area (Å²) in [6, 6.07) is 24.6. The number of hydrogen-bond acceptors (Lipinski definition) is 2. The minimum absolute atomic E-state index is 0.101. The lowest BCUT2D eigenvalue weighted by atomic mass is 9.86. The zero-order chi connectivity index (χ0) is 26.8. The van der Waals surface area contributed by atoms with Gasteiger partial charge in [0.15, 0.2) is 0 Å². The number of rotatable bonds is 3. The van der Waals surface area contributed by atoms with Gasteiger partial charge in [-0.25, -0.2) is 0 Å². The molecule has 0 aliphatic carbocycles. The standard InChI is InChI=1S/C34H30N2O2/c1-6-29-26-16-15-25-20(2)35-32(37)27-17-18-28(31(26)30(25)27)33(38)36(29)24-13-9-22(10-14-24)19-21-7-11-23(12-8-21)34(3,4)5/h6-18H,2,19H2,1,3-5H3,(H,35,37)/b29-6-. The second-order valence-electron chi connectivity index (χ2n) is 11.1. The van der Waals surface area contributed by atoms with Crippen LogP contribution in [0.3, 0.4) is 0 Å². The largest absolute Gasteiger partial charge is 0.322 e. The summed E-state index contributed by atoms with van der Waals surface area (Å²) < 4.78 is 1.78. The lowest BCUT2D eigenvalue weighted by molar-refractivity contribution is 0.590. The van der Waals surface area contributed by atoms with Crippen LogP contribution in [-0.4, -0.2) is 9.55 Å². The van der Waals surface area contributed by atoms with Crippen molar-refractivity contribution in [2.75, 3.05) is 0 Å². The predicted octanol–water partition coefficient (Wildman–Crippen LogP) is 5.52. The van der Waals surface area contributed by atoms with Gasteiger partial charge >= 0.3 is 0 Å². The second-order valence-corrected chi connectivity index (χ2v) is 11.1. The van der Waals surface area contributed by atoms with E-state index in [4.69, 9.17) is 0 Å². The molecule has 2 heterocycles. The van der Waals surface area contributed by atoms with Gasteiger partial charge < -0.3 is 4.98 Å². The summed E-state index contributed by atoms with van der Waals surface area (Å²) in [7, 11) is 0. The Hall–Kier alpha value is -4.44. The van der Waals surface area contributed by atoms with Crippen molar-refractivity contribution >= 4 is 45.0 Å². The van der Waals surface area contributed by atoms with E-state index < -0.39 is 0 Å². The molecule has 0 amide bonds. The molecule has 1 N–H and O–H groups in total. The van der Waals surface area contributed by atoms with E-state index in [0.717, 1.165) is 39.0 Å². The van der Waals surface area contributed by atoms with Crippen molar-refractivity contribution in [2.45, 2.75) is 39.5 Å². The maximum Gasteiger partial charge on any atom is 0.263 e. The fraction of sp³-hybridized carbons (Fsp3) is 0.176. The third-order valence-electron chi connectivity index (χ3n) is 7.64. The van der Waals surface area contributed by atoms with E-state index in [1.165, 1.54) is 16.7 Å². The number of aromatic amines is 1. The van der Waals surface area contributed by atoms with E-state index in [2.05, 4.69) is 68.7 Å². The molecule has 0 spiro atoms. The van der Waals surface area contributed by atoms with Gasteiger partial charge in [-0.3, -0.25) is 14.2 Å². The average Bonchev–Trinajstić information content (AvgIpc) is 2.90. The Morgan fingerprint density at radius 1 is 0.763 bits per heavy atom. The van der Waals surface area contributed by atoms with Crippen LogP contribution in [0.15, 0.2) is 82.4 Å². The van der Waals surface area contributed by atoms with Crippen LogP contribution in [0, 0.1) is 0 Å². The number of H-pyrrole nitrogens is 1. The molecule has 0 saturated carbocycles. The highest BCUT2D eigenvalue weighted by molar-refractivity contribution is 6.22. The van der Waals surface area contributed by atoms with E-state index in [1.54, 1.807) is 16.7 Å². The maximum atomic E-state index is 13.9. The molecule has 6 rings (SSSR count). The minimum atomic E-state index is -0.188.